The topological polar surface area (TPSA) is 50.9 Å². The highest BCUT2D eigenvalue weighted by molar-refractivity contribution is 7.15. The molecular formula is C15H21N3S. The van der Waals surface area contributed by atoms with Crippen LogP contribution < -0.4 is 11.1 Å². The van der Waals surface area contributed by atoms with Crippen LogP contribution in [0.4, 0.5) is 5.13 Å². The van der Waals surface area contributed by atoms with Gasteiger partial charge in [-0.15, -0.1) is 11.3 Å². The second-order valence-corrected chi connectivity index (χ2v) is 6.90. The molecule has 0 radical (unpaired) electrons. The van der Waals surface area contributed by atoms with Gasteiger partial charge in [0.05, 0.1) is 0 Å². The van der Waals surface area contributed by atoms with Crippen molar-refractivity contribution in [1.82, 2.24) is 10.3 Å². The second kappa shape index (κ2) is 5.72. The summed E-state index contributed by atoms with van der Waals surface area (Å²) in [5, 5.41) is 4.25. The predicted molar refractivity (Wildman–Crippen MR) is 82.0 cm³/mol. The van der Waals surface area contributed by atoms with E-state index in [4.69, 9.17) is 5.73 Å². The number of nitrogens with two attached hydrogens (primary N) is 1. The van der Waals surface area contributed by atoms with Gasteiger partial charge in [0.15, 0.2) is 5.13 Å². The molecule has 0 fully saturated rings. The van der Waals surface area contributed by atoms with E-state index in [0.717, 1.165) is 6.54 Å². The van der Waals surface area contributed by atoms with Gasteiger partial charge in [0.25, 0.3) is 0 Å². The monoisotopic (exact) mass is 275 g/mol. The third-order valence-electron chi connectivity index (χ3n) is 3.05. The van der Waals surface area contributed by atoms with Crippen molar-refractivity contribution in [1.29, 1.82) is 0 Å². The van der Waals surface area contributed by atoms with Crippen molar-refractivity contribution >= 4 is 16.5 Å². The van der Waals surface area contributed by atoms with Crippen LogP contribution in [-0.4, -0.2) is 4.98 Å². The van der Waals surface area contributed by atoms with Gasteiger partial charge in [0.2, 0.25) is 0 Å². The van der Waals surface area contributed by atoms with Crippen LogP contribution in [0.2, 0.25) is 0 Å². The minimum Gasteiger partial charge on any atom is -0.375 e. The zero-order valence-electron chi connectivity index (χ0n) is 11.7. The molecule has 1 aromatic carbocycles. The summed E-state index contributed by atoms with van der Waals surface area (Å²) in [4.78, 5) is 5.25. The summed E-state index contributed by atoms with van der Waals surface area (Å²) in [6, 6.07) is 10.9. The van der Waals surface area contributed by atoms with Crippen molar-refractivity contribution in [3.8, 4) is 0 Å². The molecule has 0 spiro atoms. The quantitative estimate of drug-likeness (QED) is 0.896. The number of hydrogen-bond acceptors (Lipinski definition) is 4. The Kier molecular flexibility index (Phi) is 4.22. The van der Waals surface area contributed by atoms with Gasteiger partial charge in [-0.25, -0.2) is 4.98 Å². The highest BCUT2D eigenvalue weighted by Crippen LogP contribution is 2.33. The molecule has 1 heterocycles. The van der Waals surface area contributed by atoms with Gasteiger partial charge in [-0.2, -0.15) is 0 Å². The molecule has 0 bridgehead atoms. The lowest BCUT2D eigenvalue weighted by Gasteiger charge is -2.32. The molecule has 1 atom stereocenters. The van der Waals surface area contributed by atoms with Gasteiger partial charge >= 0.3 is 0 Å². The molecular weight excluding hydrogens is 254 g/mol. The lowest BCUT2D eigenvalue weighted by Crippen LogP contribution is -2.31. The predicted octanol–water partition coefficient (Wildman–Crippen LogP) is 3.60. The van der Waals surface area contributed by atoms with E-state index in [2.05, 4.69) is 55.3 Å². The fraction of sp³-hybridized carbons (Fsp3) is 0.400. The molecule has 0 amide bonds. The molecule has 0 aliphatic heterocycles. The minimum absolute atomic E-state index is 0.150. The highest BCUT2D eigenvalue weighted by atomic mass is 32.1. The molecule has 0 aliphatic rings. The molecule has 19 heavy (non-hydrogen) atoms. The van der Waals surface area contributed by atoms with Crippen molar-refractivity contribution in [2.45, 2.75) is 33.4 Å². The first-order valence-corrected chi connectivity index (χ1v) is 7.27. The average Bonchev–Trinajstić information content (AvgIpc) is 2.75. The molecule has 2 rings (SSSR count). The Balaban J connectivity index is 2.11. The number of thiazole rings is 1. The minimum atomic E-state index is 0.150. The number of benzene rings is 1. The van der Waals surface area contributed by atoms with Crippen molar-refractivity contribution in [2.24, 2.45) is 5.41 Å². The lowest BCUT2D eigenvalue weighted by atomic mass is 9.82. The van der Waals surface area contributed by atoms with Crippen LogP contribution >= 0.6 is 11.3 Å². The van der Waals surface area contributed by atoms with Crippen molar-refractivity contribution < 1.29 is 0 Å². The van der Waals surface area contributed by atoms with Crippen LogP contribution in [0.25, 0.3) is 0 Å². The fourth-order valence-electron chi connectivity index (χ4n) is 2.18. The zero-order chi connectivity index (χ0) is 13.9. The van der Waals surface area contributed by atoms with Crippen LogP contribution in [0.5, 0.6) is 0 Å². The van der Waals surface area contributed by atoms with Gasteiger partial charge in [-0.05, 0) is 11.0 Å². The van der Waals surface area contributed by atoms with E-state index in [1.807, 2.05) is 12.3 Å². The maximum atomic E-state index is 5.66. The summed E-state index contributed by atoms with van der Waals surface area (Å²) in [6.45, 7) is 7.54. The average molecular weight is 275 g/mol. The molecule has 4 heteroatoms. The Morgan fingerprint density at radius 3 is 2.47 bits per heavy atom. The van der Waals surface area contributed by atoms with Crippen LogP contribution in [0.3, 0.4) is 0 Å². The van der Waals surface area contributed by atoms with E-state index < -0.39 is 0 Å². The first kappa shape index (κ1) is 14.0. The molecule has 0 saturated carbocycles. The molecule has 0 aliphatic carbocycles. The second-order valence-electron chi connectivity index (χ2n) is 5.76. The normalized spacial score (nSPS) is 13.4. The maximum absolute atomic E-state index is 5.66. The van der Waals surface area contributed by atoms with Gasteiger partial charge in [0.1, 0.15) is 0 Å². The van der Waals surface area contributed by atoms with E-state index in [1.54, 1.807) is 0 Å². The van der Waals surface area contributed by atoms with Crippen LogP contribution in [0, 0.1) is 5.41 Å². The molecule has 3 N–H and O–H groups in total. The van der Waals surface area contributed by atoms with Crippen molar-refractivity contribution in [2.75, 3.05) is 5.73 Å². The summed E-state index contributed by atoms with van der Waals surface area (Å²) >= 11 is 1.54. The maximum Gasteiger partial charge on any atom is 0.180 e. The Morgan fingerprint density at radius 2 is 1.95 bits per heavy atom. The van der Waals surface area contributed by atoms with Gasteiger partial charge in [-0.1, -0.05) is 51.1 Å². The first-order valence-electron chi connectivity index (χ1n) is 6.45. The molecule has 1 aromatic heterocycles. The molecule has 1 unspecified atom stereocenters. The smallest absolute Gasteiger partial charge is 0.180 e. The van der Waals surface area contributed by atoms with E-state index in [0.29, 0.717) is 11.2 Å². The van der Waals surface area contributed by atoms with Crippen LogP contribution in [0.15, 0.2) is 36.5 Å². The van der Waals surface area contributed by atoms with E-state index in [9.17, 15) is 0 Å². The Hall–Kier alpha value is -1.39. The van der Waals surface area contributed by atoms with Crippen molar-refractivity contribution in [3.63, 3.8) is 0 Å². The summed E-state index contributed by atoms with van der Waals surface area (Å²) in [5.41, 5.74) is 7.12. The standard InChI is InChI=1S/C15H21N3S/c1-15(2,3)13(11-7-5-4-6-8-11)17-9-12-10-18-14(16)19-12/h4-8,10,13,17H,9H2,1-3H3,(H2,16,18). The van der Waals surface area contributed by atoms with E-state index in [-0.39, 0.29) is 5.41 Å². The number of nitrogens with one attached hydrogen (secondary N) is 1. The molecule has 2 aromatic rings. The summed E-state index contributed by atoms with van der Waals surface area (Å²) in [5.74, 6) is 0. The first-order chi connectivity index (χ1) is 8.97. The Morgan fingerprint density at radius 1 is 1.26 bits per heavy atom. The number of nitrogens with zero attached hydrogens (tertiary/aromatic N) is 1. The zero-order valence-corrected chi connectivity index (χ0v) is 12.5. The number of hydrogen-bond donors (Lipinski definition) is 2. The van der Waals surface area contributed by atoms with Crippen molar-refractivity contribution in [3.05, 3.63) is 47.0 Å². The molecule has 0 saturated heterocycles. The lowest BCUT2D eigenvalue weighted by molar-refractivity contribution is 0.271. The summed E-state index contributed by atoms with van der Waals surface area (Å²) in [6.07, 6.45) is 1.84. The van der Waals surface area contributed by atoms with Crippen LogP contribution in [0.1, 0.15) is 37.3 Å². The highest BCUT2D eigenvalue weighted by Gasteiger charge is 2.25. The molecule has 3 nitrogen and oxygen atoms in total. The van der Waals surface area contributed by atoms with E-state index in [1.165, 1.54) is 21.8 Å². The summed E-state index contributed by atoms with van der Waals surface area (Å²) in [7, 11) is 0. The fourth-order valence-corrected chi connectivity index (χ4v) is 2.81. The third kappa shape index (κ3) is 3.78. The largest absolute Gasteiger partial charge is 0.375 e. The number of nitrogen functional groups attached to an aromatic ring is 1. The van der Waals surface area contributed by atoms with Gasteiger partial charge in [0, 0.05) is 23.7 Å². The third-order valence-corrected chi connectivity index (χ3v) is 3.88. The number of anilines is 1. The number of aromatic nitrogens is 1. The van der Waals surface area contributed by atoms with Crippen LogP contribution in [-0.2, 0) is 6.54 Å². The number of rotatable bonds is 4. The Labute approximate surface area is 118 Å². The van der Waals surface area contributed by atoms with Gasteiger partial charge < -0.3 is 11.1 Å². The summed E-state index contributed by atoms with van der Waals surface area (Å²) < 4.78 is 0. The van der Waals surface area contributed by atoms with E-state index >= 15 is 0 Å². The molecule has 102 valence electrons. The van der Waals surface area contributed by atoms with Gasteiger partial charge in [-0.3, -0.25) is 0 Å². The SMILES string of the molecule is CC(C)(C)C(NCc1cnc(N)s1)c1ccccc1. The Bertz CT molecular complexity index is 514.